The molecule has 0 saturated carbocycles. The van der Waals surface area contributed by atoms with Crippen LogP contribution in [0.25, 0.3) is 0 Å². The Kier molecular flexibility index (Phi) is 6.52. The van der Waals surface area contributed by atoms with Crippen LogP contribution in [0.1, 0.15) is 11.1 Å². The summed E-state index contributed by atoms with van der Waals surface area (Å²) in [4.78, 5) is 12.5. The molecule has 0 atom stereocenters. The number of hydrogen-bond donors (Lipinski definition) is 1. The molecule has 0 aliphatic carbocycles. The van der Waals surface area contributed by atoms with Gasteiger partial charge in [-0.1, -0.05) is 36.4 Å². The molecule has 0 amide bonds. The predicted octanol–water partition coefficient (Wildman–Crippen LogP) is 2.82. The molecule has 1 fully saturated rings. The van der Waals surface area contributed by atoms with Crippen LogP contribution in [0.15, 0.2) is 65.6 Å². The molecule has 3 aromatic rings. The van der Waals surface area contributed by atoms with Gasteiger partial charge in [0.25, 0.3) is 5.69 Å². The van der Waals surface area contributed by atoms with Crippen molar-refractivity contribution < 1.29 is 13.3 Å². The van der Waals surface area contributed by atoms with Gasteiger partial charge in [0.1, 0.15) is 5.82 Å². The number of nitro benzene ring substituents is 1. The van der Waals surface area contributed by atoms with Crippen LogP contribution in [-0.2, 0) is 16.6 Å². The summed E-state index contributed by atoms with van der Waals surface area (Å²) in [6, 6.07) is 17.7. The van der Waals surface area contributed by atoms with Crippen molar-refractivity contribution in [3.8, 4) is 0 Å². The van der Waals surface area contributed by atoms with Crippen LogP contribution < -0.4 is 10.2 Å². The van der Waals surface area contributed by atoms with E-state index in [1.165, 1.54) is 16.4 Å². The Hall–Kier alpha value is -3.57. The summed E-state index contributed by atoms with van der Waals surface area (Å²) in [5.74, 6) is 1.33. The third kappa shape index (κ3) is 5.10. The van der Waals surface area contributed by atoms with Gasteiger partial charge in [-0.05, 0) is 30.7 Å². The Labute approximate surface area is 192 Å². The van der Waals surface area contributed by atoms with E-state index in [4.69, 9.17) is 0 Å². The zero-order valence-corrected chi connectivity index (χ0v) is 18.9. The zero-order chi connectivity index (χ0) is 23.4. The van der Waals surface area contributed by atoms with Crippen molar-refractivity contribution in [2.75, 3.05) is 36.4 Å². The molecule has 1 saturated heterocycles. The van der Waals surface area contributed by atoms with E-state index < -0.39 is 14.9 Å². The fourth-order valence-corrected chi connectivity index (χ4v) is 5.07. The van der Waals surface area contributed by atoms with Gasteiger partial charge in [-0.2, -0.15) is 4.31 Å². The first kappa shape index (κ1) is 22.6. The van der Waals surface area contributed by atoms with Crippen LogP contribution in [-0.4, -0.2) is 54.0 Å². The van der Waals surface area contributed by atoms with Gasteiger partial charge in [0.2, 0.25) is 10.0 Å². The summed E-state index contributed by atoms with van der Waals surface area (Å²) in [6.07, 6.45) is 0. The van der Waals surface area contributed by atoms with Crippen molar-refractivity contribution in [2.45, 2.75) is 18.4 Å². The van der Waals surface area contributed by atoms with Gasteiger partial charge in [-0.3, -0.25) is 10.1 Å². The molecule has 4 rings (SSSR count). The molecule has 1 N–H and O–H groups in total. The highest BCUT2D eigenvalue weighted by Gasteiger charge is 2.30. The van der Waals surface area contributed by atoms with Gasteiger partial charge >= 0.3 is 0 Å². The van der Waals surface area contributed by atoms with E-state index in [2.05, 4.69) is 15.5 Å². The number of hydrogen-bond acceptors (Lipinski definition) is 8. The first-order chi connectivity index (χ1) is 15.8. The van der Waals surface area contributed by atoms with E-state index in [1.54, 1.807) is 6.92 Å². The molecule has 0 unspecified atom stereocenters. The second-order valence-electron chi connectivity index (χ2n) is 7.71. The van der Waals surface area contributed by atoms with Crippen molar-refractivity contribution in [1.29, 1.82) is 0 Å². The van der Waals surface area contributed by atoms with E-state index in [1.807, 2.05) is 47.4 Å². The lowest BCUT2D eigenvalue weighted by molar-refractivity contribution is -0.385. The molecule has 1 aliphatic rings. The standard InChI is InChI=1S/C22H24N6O4S/c1-17-7-8-19(15-20(17)28(29)30)33(31,32)27-13-11-26(12-14-27)22-10-9-21(24-25-22)23-16-18-5-3-2-4-6-18/h2-10,15H,11-14,16H2,1H3,(H,23,24). The second kappa shape index (κ2) is 9.51. The Morgan fingerprint density at radius 3 is 2.36 bits per heavy atom. The van der Waals surface area contributed by atoms with Gasteiger partial charge in [0.15, 0.2) is 5.82 Å². The van der Waals surface area contributed by atoms with Gasteiger partial charge in [0, 0.05) is 44.4 Å². The summed E-state index contributed by atoms with van der Waals surface area (Å²) >= 11 is 0. The first-order valence-corrected chi connectivity index (χ1v) is 11.9. The lowest BCUT2D eigenvalue weighted by atomic mass is 10.2. The topological polar surface area (TPSA) is 122 Å². The minimum Gasteiger partial charge on any atom is -0.365 e. The molecule has 0 radical (unpaired) electrons. The average molecular weight is 469 g/mol. The summed E-state index contributed by atoms with van der Waals surface area (Å²) < 4.78 is 27.3. The van der Waals surface area contributed by atoms with Gasteiger partial charge < -0.3 is 10.2 Å². The molecule has 33 heavy (non-hydrogen) atoms. The number of aromatic nitrogens is 2. The van der Waals surface area contributed by atoms with E-state index in [0.29, 0.717) is 36.8 Å². The van der Waals surface area contributed by atoms with Gasteiger partial charge in [-0.25, -0.2) is 8.42 Å². The Bertz CT molecular complexity index is 1230. The minimum absolute atomic E-state index is 0.0677. The quantitative estimate of drug-likeness (QED) is 0.415. The van der Waals surface area contributed by atoms with E-state index in [-0.39, 0.29) is 23.7 Å². The Morgan fingerprint density at radius 2 is 1.73 bits per heavy atom. The van der Waals surface area contributed by atoms with Crippen molar-refractivity contribution in [3.05, 3.63) is 81.9 Å². The predicted molar refractivity (Wildman–Crippen MR) is 125 cm³/mol. The second-order valence-corrected chi connectivity index (χ2v) is 9.65. The normalized spacial score (nSPS) is 14.8. The molecule has 0 spiro atoms. The molecule has 172 valence electrons. The van der Waals surface area contributed by atoms with Crippen molar-refractivity contribution in [2.24, 2.45) is 0 Å². The highest BCUT2D eigenvalue weighted by Crippen LogP contribution is 2.26. The number of sulfonamides is 1. The maximum atomic E-state index is 13.0. The van der Waals surface area contributed by atoms with Crippen molar-refractivity contribution >= 4 is 27.3 Å². The van der Waals surface area contributed by atoms with Gasteiger partial charge in [0.05, 0.1) is 9.82 Å². The van der Waals surface area contributed by atoms with Crippen molar-refractivity contribution in [3.63, 3.8) is 0 Å². The van der Waals surface area contributed by atoms with Crippen LogP contribution >= 0.6 is 0 Å². The number of nitro groups is 1. The monoisotopic (exact) mass is 468 g/mol. The lowest BCUT2D eigenvalue weighted by Crippen LogP contribution is -2.49. The summed E-state index contributed by atoms with van der Waals surface area (Å²) in [6.45, 7) is 3.61. The molecule has 11 heteroatoms. The van der Waals surface area contributed by atoms with Crippen LogP contribution in [0.5, 0.6) is 0 Å². The fraction of sp³-hybridized carbons (Fsp3) is 0.273. The SMILES string of the molecule is Cc1ccc(S(=O)(=O)N2CCN(c3ccc(NCc4ccccc4)nn3)CC2)cc1[N+](=O)[O-]. The molecule has 2 heterocycles. The number of aryl methyl sites for hydroxylation is 1. The zero-order valence-electron chi connectivity index (χ0n) is 18.1. The third-order valence-electron chi connectivity index (χ3n) is 5.54. The van der Waals surface area contributed by atoms with Crippen LogP contribution in [0.3, 0.4) is 0 Å². The summed E-state index contributed by atoms with van der Waals surface area (Å²) in [5.41, 5.74) is 1.36. The molecule has 1 aromatic heterocycles. The number of piperazine rings is 1. The van der Waals surface area contributed by atoms with E-state index in [9.17, 15) is 18.5 Å². The minimum atomic E-state index is -3.82. The molecular formula is C22H24N6O4S. The van der Waals surface area contributed by atoms with Crippen molar-refractivity contribution in [1.82, 2.24) is 14.5 Å². The number of rotatable bonds is 7. The summed E-state index contributed by atoms with van der Waals surface area (Å²) in [7, 11) is -3.82. The lowest BCUT2D eigenvalue weighted by Gasteiger charge is -2.34. The molecule has 2 aromatic carbocycles. The van der Waals surface area contributed by atoms with E-state index in [0.717, 1.165) is 11.6 Å². The van der Waals surface area contributed by atoms with E-state index >= 15 is 0 Å². The smallest absolute Gasteiger partial charge is 0.273 e. The number of benzene rings is 2. The highest BCUT2D eigenvalue weighted by atomic mass is 32.2. The molecular weight excluding hydrogens is 444 g/mol. The maximum Gasteiger partial charge on any atom is 0.273 e. The number of nitrogens with one attached hydrogen (secondary N) is 1. The van der Waals surface area contributed by atoms with Crippen LogP contribution in [0.2, 0.25) is 0 Å². The largest absolute Gasteiger partial charge is 0.365 e. The Morgan fingerprint density at radius 1 is 1.00 bits per heavy atom. The first-order valence-electron chi connectivity index (χ1n) is 10.5. The van der Waals surface area contributed by atoms with Crippen LogP contribution in [0.4, 0.5) is 17.3 Å². The number of nitrogens with zero attached hydrogens (tertiary/aromatic N) is 5. The highest BCUT2D eigenvalue weighted by molar-refractivity contribution is 7.89. The molecule has 1 aliphatic heterocycles. The third-order valence-corrected chi connectivity index (χ3v) is 7.44. The molecule has 0 bridgehead atoms. The average Bonchev–Trinajstić information content (AvgIpc) is 2.84. The number of anilines is 2. The maximum absolute atomic E-state index is 13.0. The Balaban J connectivity index is 1.37. The summed E-state index contributed by atoms with van der Waals surface area (Å²) in [5, 5.41) is 22.9. The molecule has 10 nitrogen and oxygen atoms in total. The van der Waals surface area contributed by atoms with Crippen LogP contribution in [0, 0.1) is 17.0 Å². The fourth-order valence-electron chi connectivity index (χ4n) is 3.63. The van der Waals surface area contributed by atoms with Gasteiger partial charge in [-0.15, -0.1) is 10.2 Å².